The number of anilines is 2. The summed E-state index contributed by atoms with van der Waals surface area (Å²) < 4.78 is 6.01. The maximum Gasteiger partial charge on any atom is 0.320 e. The van der Waals surface area contributed by atoms with E-state index in [4.69, 9.17) is 27.6 Å². The van der Waals surface area contributed by atoms with Gasteiger partial charge in [-0.25, -0.2) is 0 Å². The Balaban J connectivity index is 2.20. The highest BCUT2D eigenvalue weighted by molar-refractivity contribution is 9.10. The van der Waals surface area contributed by atoms with E-state index in [9.17, 15) is 0 Å². The van der Waals surface area contributed by atoms with Crippen LogP contribution in [-0.4, -0.2) is 10.2 Å². The monoisotopic (exact) mass is 321 g/mol. The quantitative estimate of drug-likeness (QED) is 0.869. The molecule has 0 aliphatic rings. The summed E-state index contributed by atoms with van der Waals surface area (Å²) in [6.07, 6.45) is 0. The summed E-state index contributed by atoms with van der Waals surface area (Å²) in [7, 11) is 0. The Bertz CT molecular complexity index is 503. The second-order valence-electron chi connectivity index (χ2n) is 2.88. The Morgan fingerprint density at radius 1 is 1.38 bits per heavy atom. The number of alkyl halides is 1. The van der Waals surface area contributed by atoms with Crippen LogP contribution in [0.5, 0.6) is 0 Å². The van der Waals surface area contributed by atoms with Gasteiger partial charge in [-0.1, -0.05) is 16.7 Å². The molecule has 1 aromatic carbocycles. The van der Waals surface area contributed by atoms with Gasteiger partial charge in [0, 0.05) is 9.50 Å². The van der Waals surface area contributed by atoms with Crippen molar-refractivity contribution in [2.75, 3.05) is 5.32 Å². The SMILES string of the molecule is ClCc1nnc(Nc2ccc(Cl)cc2Br)o1. The maximum atomic E-state index is 5.82. The van der Waals surface area contributed by atoms with E-state index in [2.05, 4.69) is 31.4 Å². The molecule has 0 spiro atoms. The molecule has 2 rings (SSSR count). The van der Waals surface area contributed by atoms with E-state index in [1.165, 1.54) is 0 Å². The van der Waals surface area contributed by atoms with E-state index in [-0.39, 0.29) is 5.88 Å². The molecule has 16 heavy (non-hydrogen) atoms. The zero-order valence-corrected chi connectivity index (χ0v) is 11.0. The largest absolute Gasteiger partial charge is 0.407 e. The van der Waals surface area contributed by atoms with Crippen LogP contribution >= 0.6 is 39.1 Å². The van der Waals surface area contributed by atoms with E-state index >= 15 is 0 Å². The first-order valence-electron chi connectivity index (χ1n) is 4.29. The third-order valence-electron chi connectivity index (χ3n) is 1.75. The van der Waals surface area contributed by atoms with Gasteiger partial charge in [-0.3, -0.25) is 0 Å². The molecule has 0 bridgehead atoms. The van der Waals surface area contributed by atoms with Gasteiger partial charge in [0.05, 0.1) is 5.69 Å². The minimum atomic E-state index is 0.191. The topological polar surface area (TPSA) is 51.0 Å². The van der Waals surface area contributed by atoms with Crippen LogP contribution in [0.3, 0.4) is 0 Å². The summed E-state index contributed by atoms with van der Waals surface area (Å²) in [5.41, 5.74) is 0.786. The van der Waals surface area contributed by atoms with E-state index in [0.717, 1.165) is 10.2 Å². The van der Waals surface area contributed by atoms with Crippen LogP contribution in [-0.2, 0) is 5.88 Å². The summed E-state index contributed by atoms with van der Waals surface area (Å²) >= 11 is 14.7. The molecule has 0 unspecified atom stereocenters. The van der Waals surface area contributed by atoms with Crippen LogP contribution in [0.1, 0.15) is 5.89 Å². The van der Waals surface area contributed by atoms with Gasteiger partial charge in [0.2, 0.25) is 5.89 Å². The first-order valence-corrected chi connectivity index (χ1v) is 6.00. The molecule has 2 aromatic rings. The van der Waals surface area contributed by atoms with Crippen LogP contribution in [0, 0.1) is 0 Å². The zero-order valence-electron chi connectivity index (χ0n) is 7.88. The molecule has 0 aliphatic carbocycles. The molecule has 84 valence electrons. The number of halogens is 3. The molecule has 0 amide bonds. The number of rotatable bonds is 3. The molecule has 0 saturated carbocycles. The van der Waals surface area contributed by atoms with Crippen LogP contribution in [0.2, 0.25) is 5.02 Å². The molecular formula is C9H6BrCl2N3O. The minimum Gasteiger partial charge on any atom is -0.407 e. The molecule has 0 radical (unpaired) electrons. The third-order valence-corrected chi connectivity index (χ3v) is 2.87. The van der Waals surface area contributed by atoms with Crippen LogP contribution in [0.4, 0.5) is 11.7 Å². The van der Waals surface area contributed by atoms with Crippen molar-refractivity contribution >= 4 is 50.8 Å². The molecule has 1 N–H and O–H groups in total. The lowest BCUT2D eigenvalue weighted by atomic mass is 10.3. The Kier molecular flexibility index (Phi) is 3.68. The van der Waals surface area contributed by atoms with Crippen molar-refractivity contribution in [3.05, 3.63) is 33.6 Å². The minimum absolute atomic E-state index is 0.191. The number of hydrogen-bond donors (Lipinski definition) is 1. The van der Waals surface area contributed by atoms with E-state index in [1.54, 1.807) is 18.2 Å². The maximum absolute atomic E-state index is 5.82. The molecular weight excluding hydrogens is 317 g/mol. The van der Waals surface area contributed by atoms with Gasteiger partial charge in [0.1, 0.15) is 5.88 Å². The highest BCUT2D eigenvalue weighted by atomic mass is 79.9. The van der Waals surface area contributed by atoms with Gasteiger partial charge >= 0.3 is 6.01 Å². The Morgan fingerprint density at radius 3 is 2.81 bits per heavy atom. The van der Waals surface area contributed by atoms with E-state index < -0.39 is 0 Å². The molecule has 4 nitrogen and oxygen atoms in total. The van der Waals surface area contributed by atoms with Crippen molar-refractivity contribution in [1.29, 1.82) is 0 Å². The summed E-state index contributed by atoms with van der Waals surface area (Å²) in [6, 6.07) is 5.62. The number of aromatic nitrogens is 2. The first-order chi connectivity index (χ1) is 7.69. The van der Waals surface area contributed by atoms with E-state index in [1.807, 2.05) is 0 Å². The van der Waals surface area contributed by atoms with Gasteiger partial charge in [-0.2, -0.15) is 0 Å². The van der Waals surface area contributed by atoms with Crippen molar-refractivity contribution in [3.8, 4) is 0 Å². The molecule has 1 heterocycles. The fourth-order valence-corrected chi connectivity index (χ4v) is 1.95. The average Bonchev–Trinajstić information content (AvgIpc) is 2.70. The average molecular weight is 323 g/mol. The highest BCUT2D eigenvalue weighted by Gasteiger charge is 2.07. The molecule has 0 saturated heterocycles. The molecule has 0 atom stereocenters. The fraction of sp³-hybridized carbons (Fsp3) is 0.111. The predicted octanol–water partition coefficient (Wildman–Crippen LogP) is 3.97. The smallest absolute Gasteiger partial charge is 0.320 e. The van der Waals surface area contributed by atoms with Crippen molar-refractivity contribution in [3.63, 3.8) is 0 Å². The van der Waals surface area contributed by atoms with Gasteiger partial charge in [-0.15, -0.1) is 16.7 Å². The van der Waals surface area contributed by atoms with Gasteiger partial charge in [-0.05, 0) is 34.1 Å². The van der Waals surface area contributed by atoms with Crippen LogP contribution in [0.15, 0.2) is 27.1 Å². The van der Waals surface area contributed by atoms with Crippen molar-refractivity contribution in [1.82, 2.24) is 10.2 Å². The Hall–Kier alpha value is -0.780. The van der Waals surface area contributed by atoms with Crippen molar-refractivity contribution in [2.24, 2.45) is 0 Å². The Morgan fingerprint density at radius 2 is 2.19 bits per heavy atom. The molecule has 0 fully saturated rings. The third kappa shape index (κ3) is 2.66. The number of benzene rings is 1. The molecule has 0 aliphatic heterocycles. The van der Waals surface area contributed by atoms with Crippen LogP contribution < -0.4 is 5.32 Å². The standard InChI is InChI=1S/C9H6BrCl2N3O/c10-6-3-5(12)1-2-7(6)13-9-15-14-8(4-11)16-9/h1-3H,4H2,(H,13,15). The van der Waals surface area contributed by atoms with E-state index in [0.29, 0.717) is 16.9 Å². The Labute approximate surface area is 110 Å². The lowest BCUT2D eigenvalue weighted by molar-refractivity contribution is 0.530. The normalized spacial score (nSPS) is 10.4. The summed E-state index contributed by atoms with van der Waals surface area (Å²) in [5.74, 6) is 0.561. The second kappa shape index (κ2) is 5.03. The number of hydrogen-bond acceptors (Lipinski definition) is 4. The highest BCUT2D eigenvalue weighted by Crippen LogP contribution is 2.28. The van der Waals surface area contributed by atoms with Gasteiger partial charge in [0.25, 0.3) is 0 Å². The number of nitrogens with zero attached hydrogens (tertiary/aromatic N) is 2. The van der Waals surface area contributed by atoms with Gasteiger partial charge in [0.15, 0.2) is 0 Å². The van der Waals surface area contributed by atoms with Gasteiger partial charge < -0.3 is 9.73 Å². The molecule has 1 aromatic heterocycles. The fourth-order valence-electron chi connectivity index (χ4n) is 1.06. The van der Waals surface area contributed by atoms with Crippen LogP contribution in [0.25, 0.3) is 0 Å². The molecule has 7 heteroatoms. The first kappa shape index (κ1) is 11.7. The zero-order chi connectivity index (χ0) is 11.5. The van der Waals surface area contributed by atoms with Crippen molar-refractivity contribution in [2.45, 2.75) is 5.88 Å². The lowest BCUT2D eigenvalue weighted by Crippen LogP contribution is -1.91. The van der Waals surface area contributed by atoms with Crippen molar-refractivity contribution < 1.29 is 4.42 Å². The summed E-state index contributed by atoms with van der Waals surface area (Å²) in [4.78, 5) is 0. The summed E-state index contributed by atoms with van der Waals surface area (Å²) in [6.45, 7) is 0. The number of nitrogens with one attached hydrogen (secondary N) is 1. The predicted molar refractivity (Wildman–Crippen MR) is 66.3 cm³/mol. The lowest BCUT2D eigenvalue weighted by Gasteiger charge is -2.03. The second-order valence-corrected chi connectivity index (χ2v) is 4.44. The summed E-state index contributed by atoms with van der Waals surface area (Å²) in [5, 5.41) is 11.1.